The third kappa shape index (κ3) is 1.91. The summed E-state index contributed by atoms with van der Waals surface area (Å²) < 4.78 is 1.78. The molecule has 1 rings (SSSR count). The summed E-state index contributed by atoms with van der Waals surface area (Å²) in [5.41, 5.74) is 7.69. The zero-order valence-electron chi connectivity index (χ0n) is 6.91. The highest BCUT2D eigenvalue weighted by Crippen LogP contribution is 2.10. The fourth-order valence-electron chi connectivity index (χ4n) is 0.919. The molecule has 0 spiro atoms. The maximum Gasteiger partial charge on any atom is 0.0564 e. The predicted octanol–water partition coefficient (Wildman–Crippen LogP) is 0.782. The average molecular weight is 151 g/mol. The first-order valence-electron chi connectivity index (χ1n) is 3.60. The summed E-state index contributed by atoms with van der Waals surface area (Å²) >= 11 is 0. The largest absolute Gasteiger partial charge is 0.327 e. The Morgan fingerprint density at radius 2 is 2.55 bits per heavy atom. The van der Waals surface area contributed by atoms with Gasteiger partial charge in [0.25, 0.3) is 0 Å². The highest BCUT2D eigenvalue weighted by molar-refractivity contribution is 5.62. The van der Waals surface area contributed by atoms with Crippen LogP contribution in [0, 0.1) is 0 Å². The topological polar surface area (TPSA) is 43.8 Å². The predicted molar refractivity (Wildman–Crippen MR) is 45.9 cm³/mol. The summed E-state index contributed by atoms with van der Waals surface area (Å²) in [6, 6.07) is 0. The Morgan fingerprint density at radius 1 is 1.82 bits per heavy atom. The quantitative estimate of drug-likeness (QED) is 0.679. The number of nitrogens with zero attached hydrogens (tertiary/aromatic N) is 2. The normalized spacial score (nSPS) is 12.1. The van der Waals surface area contributed by atoms with E-state index >= 15 is 0 Å². The van der Waals surface area contributed by atoms with Crippen LogP contribution in [0.5, 0.6) is 0 Å². The van der Waals surface area contributed by atoms with Crippen LogP contribution in [0.15, 0.2) is 18.5 Å². The third-order valence-electron chi connectivity index (χ3n) is 1.58. The highest BCUT2D eigenvalue weighted by Gasteiger charge is 1.95. The van der Waals surface area contributed by atoms with Crippen LogP contribution in [-0.2, 0) is 7.05 Å². The van der Waals surface area contributed by atoms with Crippen molar-refractivity contribution < 1.29 is 0 Å². The zero-order valence-corrected chi connectivity index (χ0v) is 6.91. The van der Waals surface area contributed by atoms with E-state index in [1.165, 1.54) is 5.57 Å². The first kappa shape index (κ1) is 8.01. The molecule has 1 heterocycles. The Hall–Kier alpha value is -1.09. The zero-order chi connectivity index (χ0) is 8.27. The van der Waals surface area contributed by atoms with E-state index in [1.807, 2.05) is 32.4 Å². The van der Waals surface area contributed by atoms with E-state index in [1.54, 1.807) is 4.68 Å². The number of hydrogen-bond acceptors (Lipinski definition) is 2. The van der Waals surface area contributed by atoms with Gasteiger partial charge < -0.3 is 5.73 Å². The Balaban J connectivity index is 2.84. The van der Waals surface area contributed by atoms with Gasteiger partial charge in [0, 0.05) is 25.4 Å². The van der Waals surface area contributed by atoms with Gasteiger partial charge in [-0.3, -0.25) is 4.68 Å². The molecule has 0 amide bonds. The van der Waals surface area contributed by atoms with E-state index in [2.05, 4.69) is 5.10 Å². The van der Waals surface area contributed by atoms with Crippen molar-refractivity contribution in [3.63, 3.8) is 0 Å². The van der Waals surface area contributed by atoms with Gasteiger partial charge in [-0.15, -0.1) is 0 Å². The Labute approximate surface area is 66.5 Å². The van der Waals surface area contributed by atoms with E-state index in [4.69, 9.17) is 5.73 Å². The van der Waals surface area contributed by atoms with Crippen molar-refractivity contribution in [2.24, 2.45) is 12.8 Å². The molecule has 1 aromatic heterocycles. The van der Waals surface area contributed by atoms with Crippen LogP contribution in [0.1, 0.15) is 12.5 Å². The lowest BCUT2D eigenvalue weighted by molar-refractivity contribution is 0.767. The number of rotatable bonds is 2. The van der Waals surface area contributed by atoms with E-state index in [9.17, 15) is 0 Å². The van der Waals surface area contributed by atoms with Crippen molar-refractivity contribution in [3.8, 4) is 0 Å². The molecule has 0 radical (unpaired) electrons. The van der Waals surface area contributed by atoms with Crippen molar-refractivity contribution in [2.75, 3.05) is 6.54 Å². The molecule has 0 aromatic carbocycles. The molecule has 3 heteroatoms. The van der Waals surface area contributed by atoms with Gasteiger partial charge in [0.15, 0.2) is 0 Å². The van der Waals surface area contributed by atoms with Crippen LogP contribution in [0.3, 0.4) is 0 Å². The lowest BCUT2D eigenvalue weighted by Crippen LogP contribution is -1.93. The van der Waals surface area contributed by atoms with Gasteiger partial charge in [-0.2, -0.15) is 5.10 Å². The molecule has 60 valence electrons. The van der Waals surface area contributed by atoms with Gasteiger partial charge in [0.05, 0.1) is 6.20 Å². The summed E-state index contributed by atoms with van der Waals surface area (Å²) in [7, 11) is 1.90. The number of nitrogens with two attached hydrogens (primary N) is 1. The van der Waals surface area contributed by atoms with Gasteiger partial charge in [0.2, 0.25) is 0 Å². The smallest absolute Gasteiger partial charge is 0.0564 e. The van der Waals surface area contributed by atoms with Gasteiger partial charge in [-0.05, 0) is 12.5 Å². The fraction of sp³-hybridized carbons (Fsp3) is 0.375. The monoisotopic (exact) mass is 151 g/mol. The van der Waals surface area contributed by atoms with Gasteiger partial charge >= 0.3 is 0 Å². The van der Waals surface area contributed by atoms with Crippen molar-refractivity contribution in [3.05, 3.63) is 24.0 Å². The second-order valence-corrected chi connectivity index (χ2v) is 2.53. The number of allylic oxidation sites excluding steroid dienone is 1. The Morgan fingerprint density at radius 3 is 3.00 bits per heavy atom. The molecule has 0 aliphatic carbocycles. The Kier molecular flexibility index (Phi) is 2.44. The molecule has 2 N–H and O–H groups in total. The summed E-state index contributed by atoms with van der Waals surface area (Å²) in [6.07, 6.45) is 5.79. The SMILES string of the molecule is C/C(=C\CN)c1cnn(C)c1. The molecular weight excluding hydrogens is 138 g/mol. The van der Waals surface area contributed by atoms with Crippen LogP contribution in [-0.4, -0.2) is 16.3 Å². The second kappa shape index (κ2) is 3.34. The fourth-order valence-corrected chi connectivity index (χ4v) is 0.919. The van der Waals surface area contributed by atoms with Crippen LogP contribution < -0.4 is 5.73 Å². The summed E-state index contributed by atoms with van der Waals surface area (Å²) in [6.45, 7) is 2.62. The first-order valence-corrected chi connectivity index (χ1v) is 3.60. The molecule has 0 aliphatic heterocycles. The molecule has 11 heavy (non-hydrogen) atoms. The van der Waals surface area contributed by atoms with E-state index in [0.29, 0.717) is 6.54 Å². The third-order valence-corrected chi connectivity index (χ3v) is 1.58. The summed E-state index contributed by atoms with van der Waals surface area (Å²) in [5.74, 6) is 0. The lowest BCUT2D eigenvalue weighted by atomic mass is 10.1. The van der Waals surface area contributed by atoms with Crippen molar-refractivity contribution in [1.82, 2.24) is 9.78 Å². The molecule has 3 nitrogen and oxygen atoms in total. The maximum atomic E-state index is 5.37. The molecule has 0 saturated carbocycles. The molecule has 0 saturated heterocycles. The minimum Gasteiger partial charge on any atom is -0.327 e. The highest BCUT2D eigenvalue weighted by atomic mass is 15.2. The minimum atomic E-state index is 0.584. The van der Waals surface area contributed by atoms with Gasteiger partial charge in [-0.1, -0.05) is 6.08 Å². The van der Waals surface area contributed by atoms with Crippen LogP contribution in [0.4, 0.5) is 0 Å². The number of aryl methyl sites for hydroxylation is 1. The molecule has 0 bridgehead atoms. The van der Waals surface area contributed by atoms with Crippen LogP contribution in [0.2, 0.25) is 0 Å². The van der Waals surface area contributed by atoms with Crippen molar-refractivity contribution in [1.29, 1.82) is 0 Å². The molecule has 0 atom stereocenters. The first-order chi connectivity index (χ1) is 5.24. The lowest BCUT2D eigenvalue weighted by Gasteiger charge is -1.92. The second-order valence-electron chi connectivity index (χ2n) is 2.53. The van der Waals surface area contributed by atoms with E-state index < -0.39 is 0 Å². The van der Waals surface area contributed by atoms with Gasteiger partial charge in [-0.25, -0.2) is 0 Å². The number of aromatic nitrogens is 2. The van der Waals surface area contributed by atoms with Gasteiger partial charge in [0.1, 0.15) is 0 Å². The summed E-state index contributed by atoms with van der Waals surface area (Å²) in [5, 5.41) is 4.05. The van der Waals surface area contributed by atoms with E-state index in [-0.39, 0.29) is 0 Å². The number of hydrogen-bond donors (Lipinski definition) is 1. The molecule has 0 unspecified atom stereocenters. The van der Waals surface area contributed by atoms with Crippen molar-refractivity contribution in [2.45, 2.75) is 6.92 Å². The summed E-state index contributed by atoms with van der Waals surface area (Å²) in [4.78, 5) is 0. The standard InChI is InChI=1S/C8H13N3/c1-7(3-4-9)8-5-10-11(2)6-8/h3,5-6H,4,9H2,1-2H3/b7-3+. The molecular formula is C8H13N3. The molecule has 0 fully saturated rings. The van der Waals surface area contributed by atoms with Crippen LogP contribution in [0.25, 0.3) is 5.57 Å². The Bertz CT molecular complexity index is 260. The van der Waals surface area contributed by atoms with E-state index in [0.717, 1.165) is 5.56 Å². The van der Waals surface area contributed by atoms with Crippen molar-refractivity contribution >= 4 is 5.57 Å². The van der Waals surface area contributed by atoms with Crippen LogP contribution >= 0.6 is 0 Å². The minimum absolute atomic E-state index is 0.584. The average Bonchev–Trinajstić information content (AvgIpc) is 2.36. The molecule has 0 aliphatic rings. The molecule has 1 aromatic rings. The maximum absolute atomic E-state index is 5.37.